The molecule has 4 aromatic carbocycles. The lowest BCUT2D eigenvalue weighted by molar-refractivity contribution is -0.141. The summed E-state index contributed by atoms with van der Waals surface area (Å²) in [4.78, 5) is 12.7. The number of fused-ring (bicyclic) bond motifs is 1. The van der Waals surface area contributed by atoms with Gasteiger partial charge >= 0.3 is 5.97 Å². The largest absolute Gasteiger partial charge is 0.489 e. The SMILES string of the molecule is Cc1ccc(COc2cccc(C3C(C#N)=C(N)Oc4cc(OC(=O)C(C)Oc5ccccc5F)ccc43)c2)cc1. The van der Waals surface area contributed by atoms with Crippen LogP contribution in [-0.2, 0) is 11.4 Å². The van der Waals surface area contributed by atoms with Gasteiger partial charge in [0, 0.05) is 11.6 Å². The van der Waals surface area contributed by atoms with Crippen molar-refractivity contribution >= 4 is 5.97 Å². The Morgan fingerprint density at radius 2 is 1.80 bits per heavy atom. The van der Waals surface area contributed by atoms with Crippen LogP contribution in [0.1, 0.15) is 35.1 Å². The number of allylic oxidation sites excluding steroid dienone is 1. The number of esters is 1. The molecule has 0 radical (unpaired) electrons. The minimum absolute atomic E-state index is 0.0456. The molecule has 1 aliphatic rings. The molecule has 8 heteroatoms. The molecular weight excluding hydrogens is 523 g/mol. The minimum atomic E-state index is -1.07. The first-order valence-corrected chi connectivity index (χ1v) is 12.9. The van der Waals surface area contributed by atoms with Crippen LogP contribution in [0.2, 0.25) is 0 Å². The fraction of sp³-hybridized carbons (Fsp3) is 0.152. The lowest BCUT2D eigenvalue weighted by Gasteiger charge is -2.27. The molecule has 0 fully saturated rings. The van der Waals surface area contributed by atoms with E-state index in [1.54, 1.807) is 18.2 Å². The monoisotopic (exact) mass is 550 g/mol. The van der Waals surface area contributed by atoms with Crippen LogP contribution < -0.4 is 24.7 Å². The average molecular weight is 551 g/mol. The van der Waals surface area contributed by atoms with Crippen LogP contribution in [0, 0.1) is 24.1 Å². The number of aryl methyl sites for hydroxylation is 1. The Bertz CT molecular complexity index is 1660. The number of ether oxygens (including phenoxy) is 4. The molecule has 1 heterocycles. The average Bonchev–Trinajstić information content (AvgIpc) is 2.97. The number of nitrogens with zero attached hydrogens (tertiary/aromatic N) is 1. The molecular formula is C33H27FN2O5. The van der Waals surface area contributed by atoms with Gasteiger partial charge in [-0.2, -0.15) is 5.26 Å². The van der Waals surface area contributed by atoms with Crippen LogP contribution in [-0.4, -0.2) is 12.1 Å². The Morgan fingerprint density at radius 3 is 2.56 bits per heavy atom. The van der Waals surface area contributed by atoms with E-state index in [0.717, 1.165) is 11.1 Å². The topological polar surface area (TPSA) is 104 Å². The zero-order valence-corrected chi connectivity index (χ0v) is 22.5. The number of nitriles is 1. The van der Waals surface area contributed by atoms with Crippen molar-refractivity contribution in [1.29, 1.82) is 5.26 Å². The van der Waals surface area contributed by atoms with Crippen LogP contribution >= 0.6 is 0 Å². The third-order valence-electron chi connectivity index (χ3n) is 6.60. The smallest absolute Gasteiger partial charge is 0.352 e. The first-order valence-electron chi connectivity index (χ1n) is 12.9. The molecule has 2 atom stereocenters. The van der Waals surface area contributed by atoms with E-state index in [2.05, 4.69) is 6.07 Å². The van der Waals surface area contributed by atoms with Gasteiger partial charge in [-0.15, -0.1) is 0 Å². The van der Waals surface area contributed by atoms with E-state index in [1.807, 2.05) is 55.5 Å². The number of benzene rings is 4. The lowest BCUT2D eigenvalue weighted by Crippen LogP contribution is -2.29. The third kappa shape index (κ3) is 6.15. The van der Waals surface area contributed by atoms with E-state index in [9.17, 15) is 14.4 Å². The predicted molar refractivity (Wildman–Crippen MR) is 150 cm³/mol. The zero-order chi connectivity index (χ0) is 28.9. The maximum atomic E-state index is 13.9. The summed E-state index contributed by atoms with van der Waals surface area (Å²) in [5, 5.41) is 9.93. The maximum Gasteiger partial charge on any atom is 0.352 e. The summed E-state index contributed by atoms with van der Waals surface area (Å²) in [6, 6.07) is 28.4. The summed E-state index contributed by atoms with van der Waals surface area (Å²) in [5.74, 6) is -0.775. The highest BCUT2D eigenvalue weighted by Gasteiger charge is 2.31. The Balaban J connectivity index is 1.36. The van der Waals surface area contributed by atoms with Crippen LogP contribution in [0.3, 0.4) is 0 Å². The fourth-order valence-electron chi connectivity index (χ4n) is 4.45. The van der Waals surface area contributed by atoms with E-state index in [1.165, 1.54) is 36.8 Å². The molecule has 2 N–H and O–H groups in total. The molecule has 0 aromatic heterocycles. The highest BCUT2D eigenvalue weighted by atomic mass is 19.1. The Labute approximate surface area is 237 Å². The molecule has 1 aliphatic heterocycles. The van der Waals surface area contributed by atoms with E-state index in [4.69, 9.17) is 24.7 Å². The van der Waals surface area contributed by atoms with Gasteiger partial charge < -0.3 is 24.7 Å². The number of rotatable bonds is 8. The van der Waals surface area contributed by atoms with Crippen molar-refractivity contribution in [3.05, 3.63) is 131 Å². The molecule has 0 saturated heterocycles. The van der Waals surface area contributed by atoms with Crippen molar-refractivity contribution in [2.45, 2.75) is 32.5 Å². The van der Waals surface area contributed by atoms with Crippen molar-refractivity contribution < 1.29 is 28.1 Å². The molecule has 2 unspecified atom stereocenters. The van der Waals surface area contributed by atoms with E-state index in [-0.39, 0.29) is 23.0 Å². The lowest BCUT2D eigenvalue weighted by atomic mass is 9.83. The van der Waals surface area contributed by atoms with E-state index < -0.39 is 23.8 Å². The van der Waals surface area contributed by atoms with Crippen LogP contribution in [0.5, 0.6) is 23.0 Å². The van der Waals surface area contributed by atoms with E-state index >= 15 is 0 Å². The van der Waals surface area contributed by atoms with Gasteiger partial charge in [-0.25, -0.2) is 9.18 Å². The molecule has 7 nitrogen and oxygen atoms in total. The van der Waals surface area contributed by atoms with Gasteiger partial charge in [-0.1, -0.05) is 60.2 Å². The molecule has 4 aromatic rings. The summed E-state index contributed by atoms with van der Waals surface area (Å²) < 4.78 is 36.6. The van der Waals surface area contributed by atoms with Gasteiger partial charge in [-0.05, 0) is 55.3 Å². The molecule has 5 rings (SSSR count). The highest BCUT2D eigenvalue weighted by molar-refractivity contribution is 5.77. The van der Waals surface area contributed by atoms with Crippen molar-refractivity contribution in [1.82, 2.24) is 0 Å². The number of carbonyl (C=O) groups is 1. The van der Waals surface area contributed by atoms with Gasteiger partial charge in [0.1, 0.15) is 35.5 Å². The summed E-state index contributed by atoms with van der Waals surface area (Å²) >= 11 is 0. The van der Waals surface area contributed by atoms with Crippen LogP contribution in [0.25, 0.3) is 0 Å². The minimum Gasteiger partial charge on any atom is -0.489 e. The Kier molecular flexibility index (Phi) is 7.88. The third-order valence-corrected chi connectivity index (χ3v) is 6.60. The van der Waals surface area contributed by atoms with Gasteiger partial charge in [0.05, 0.1) is 5.92 Å². The summed E-state index contributed by atoms with van der Waals surface area (Å²) in [6.45, 7) is 3.89. The molecule has 0 aliphatic carbocycles. The van der Waals surface area contributed by atoms with Crippen LogP contribution in [0.15, 0.2) is 102 Å². The number of halogens is 1. The number of nitrogens with two attached hydrogens (primary N) is 1. The first kappa shape index (κ1) is 27.3. The Hall–Kier alpha value is -5.29. The fourth-order valence-corrected chi connectivity index (χ4v) is 4.45. The summed E-state index contributed by atoms with van der Waals surface area (Å²) in [6.07, 6.45) is -1.07. The number of hydrogen-bond acceptors (Lipinski definition) is 7. The second kappa shape index (κ2) is 11.8. The molecule has 0 spiro atoms. The van der Waals surface area contributed by atoms with Gasteiger partial charge in [0.2, 0.25) is 5.88 Å². The quantitative estimate of drug-likeness (QED) is 0.203. The molecule has 41 heavy (non-hydrogen) atoms. The van der Waals surface area contributed by atoms with Crippen molar-refractivity contribution in [2.75, 3.05) is 0 Å². The maximum absolute atomic E-state index is 13.9. The first-order chi connectivity index (χ1) is 19.8. The van der Waals surface area contributed by atoms with E-state index in [0.29, 0.717) is 23.7 Å². The second-order valence-electron chi connectivity index (χ2n) is 9.58. The molecule has 0 bridgehead atoms. The summed E-state index contributed by atoms with van der Waals surface area (Å²) in [5.41, 5.74) is 10.1. The van der Waals surface area contributed by atoms with Gasteiger partial charge in [0.25, 0.3) is 0 Å². The van der Waals surface area contributed by atoms with Crippen molar-refractivity contribution in [2.24, 2.45) is 5.73 Å². The number of hydrogen-bond donors (Lipinski definition) is 1. The normalized spacial score (nSPS) is 14.7. The van der Waals surface area contributed by atoms with Gasteiger partial charge in [-0.3, -0.25) is 0 Å². The molecule has 206 valence electrons. The molecule has 0 saturated carbocycles. The number of para-hydroxylation sites is 1. The standard InChI is InChI=1S/C33H27FN2O5/c1-20-10-12-22(13-11-20)19-38-24-7-5-6-23(16-24)31-26-15-14-25(17-30(26)41-32(36)27(31)18-35)40-33(37)21(2)39-29-9-4-3-8-28(29)34/h3-17,21,31H,19,36H2,1-2H3. The second-order valence-corrected chi connectivity index (χ2v) is 9.58. The zero-order valence-electron chi connectivity index (χ0n) is 22.5. The molecule has 0 amide bonds. The van der Waals surface area contributed by atoms with Gasteiger partial charge in [0.15, 0.2) is 17.7 Å². The van der Waals surface area contributed by atoms with Crippen molar-refractivity contribution in [3.8, 4) is 29.1 Å². The predicted octanol–water partition coefficient (Wildman–Crippen LogP) is 6.30. The number of carbonyl (C=O) groups excluding carboxylic acids is 1. The highest BCUT2D eigenvalue weighted by Crippen LogP contribution is 2.44. The summed E-state index contributed by atoms with van der Waals surface area (Å²) in [7, 11) is 0. The van der Waals surface area contributed by atoms with Crippen molar-refractivity contribution in [3.63, 3.8) is 0 Å². The Morgan fingerprint density at radius 1 is 1.02 bits per heavy atom. The van der Waals surface area contributed by atoms with Crippen LogP contribution in [0.4, 0.5) is 4.39 Å².